The number of ether oxygens (including phenoxy) is 2. The van der Waals surface area contributed by atoms with E-state index >= 15 is 0 Å². The number of fused-ring (bicyclic) bond motifs is 2. The third-order valence-corrected chi connectivity index (χ3v) is 4.24. The van der Waals surface area contributed by atoms with Crippen molar-refractivity contribution in [1.82, 2.24) is 5.43 Å². The maximum absolute atomic E-state index is 11.0. The number of hydrogen-bond donors (Lipinski definition) is 1. The fraction of sp³-hybridized carbons (Fsp3) is 0.118. The highest BCUT2D eigenvalue weighted by atomic mass is 35.5. The molecule has 0 amide bonds. The van der Waals surface area contributed by atoms with Gasteiger partial charge in [0.1, 0.15) is 5.02 Å². The van der Waals surface area contributed by atoms with Gasteiger partial charge in [0.05, 0.1) is 10.6 Å². The van der Waals surface area contributed by atoms with Crippen molar-refractivity contribution in [1.29, 1.82) is 0 Å². The van der Waals surface area contributed by atoms with Gasteiger partial charge in [-0.15, -0.1) is 0 Å². The molecule has 0 spiro atoms. The van der Waals surface area contributed by atoms with Crippen LogP contribution in [0.2, 0.25) is 5.02 Å². The van der Waals surface area contributed by atoms with Crippen molar-refractivity contribution in [3.63, 3.8) is 0 Å². The second-order valence-electron chi connectivity index (χ2n) is 5.62. The first kappa shape index (κ1) is 15.5. The van der Waals surface area contributed by atoms with Crippen LogP contribution in [0.1, 0.15) is 23.6 Å². The molecule has 0 aromatic heterocycles. The molecule has 0 atom stereocenters. The van der Waals surface area contributed by atoms with E-state index in [2.05, 4.69) is 10.5 Å². The number of nitro groups is 1. The van der Waals surface area contributed by atoms with Gasteiger partial charge in [-0.25, -0.2) is 0 Å². The lowest BCUT2D eigenvalue weighted by atomic mass is 9.96. The molecule has 0 bridgehead atoms. The zero-order chi connectivity index (χ0) is 17.6. The van der Waals surface area contributed by atoms with E-state index in [-0.39, 0.29) is 17.5 Å². The highest BCUT2D eigenvalue weighted by Crippen LogP contribution is 2.37. The second-order valence-corrected chi connectivity index (χ2v) is 6.02. The molecule has 0 saturated heterocycles. The average Bonchev–Trinajstić information content (AvgIpc) is 2.95. The summed E-state index contributed by atoms with van der Waals surface area (Å²) in [7, 11) is 0. The first-order valence-electron chi connectivity index (χ1n) is 7.43. The Kier molecular flexibility index (Phi) is 3.58. The summed E-state index contributed by atoms with van der Waals surface area (Å²) in [4.78, 5) is 10.5. The van der Waals surface area contributed by atoms with Gasteiger partial charge in [0.25, 0.3) is 5.69 Å². The summed E-state index contributed by atoms with van der Waals surface area (Å²) in [5.41, 5.74) is 6.66. The van der Waals surface area contributed by atoms with Crippen molar-refractivity contribution in [2.45, 2.75) is 6.92 Å². The summed E-state index contributed by atoms with van der Waals surface area (Å²) < 4.78 is 10.9. The Hall–Kier alpha value is -3.06. The summed E-state index contributed by atoms with van der Waals surface area (Å²) in [6, 6.07) is 8.27. The summed E-state index contributed by atoms with van der Waals surface area (Å²) in [5, 5.41) is 15.5. The Morgan fingerprint density at radius 3 is 2.72 bits per heavy atom. The molecule has 25 heavy (non-hydrogen) atoms. The maximum atomic E-state index is 11.0. The molecule has 1 N–H and O–H groups in total. The van der Waals surface area contributed by atoms with Crippen LogP contribution in [0.5, 0.6) is 11.5 Å². The number of nitro benzene ring substituents is 1. The molecular weight excluding hydrogens is 346 g/mol. The lowest BCUT2D eigenvalue weighted by molar-refractivity contribution is -0.384. The SMILES string of the molecule is CC1=Cc2cc3c(cc2C(c2ccc([N+](=O)[O-])c(Cl)c2)=NN1)OCO3. The van der Waals surface area contributed by atoms with Gasteiger partial charge in [-0.1, -0.05) is 11.6 Å². The molecule has 0 saturated carbocycles. The smallest absolute Gasteiger partial charge is 0.287 e. The lowest BCUT2D eigenvalue weighted by Crippen LogP contribution is -2.10. The van der Waals surface area contributed by atoms with Crippen molar-refractivity contribution < 1.29 is 14.4 Å². The van der Waals surface area contributed by atoms with E-state index in [1.165, 1.54) is 12.1 Å². The predicted octanol–water partition coefficient (Wildman–Crippen LogP) is 3.69. The van der Waals surface area contributed by atoms with Gasteiger partial charge in [-0.3, -0.25) is 15.5 Å². The normalized spacial score (nSPS) is 14.8. The molecule has 2 aliphatic rings. The van der Waals surface area contributed by atoms with Gasteiger partial charge in [-0.05, 0) is 42.8 Å². The Morgan fingerprint density at radius 1 is 1.24 bits per heavy atom. The Balaban J connectivity index is 1.87. The Bertz CT molecular complexity index is 969. The van der Waals surface area contributed by atoms with Crippen LogP contribution in [0.4, 0.5) is 5.69 Å². The van der Waals surface area contributed by atoms with E-state index in [1.54, 1.807) is 6.07 Å². The number of rotatable bonds is 2. The number of allylic oxidation sites excluding steroid dienone is 1. The topological polar surface area (TPSA) is 86.0 Å². The number of nitrogens with one attached hydrogen (secondary N) is 1. The predicted molar refractivity (Wildman–Crippen MR) is 93.1 cm³/mol. The van der Waals surface area contributed by atoms with Gasteiger partial charge in [0.15, 0.2) is 11.5 Å². The van der Waals surface area contributed by atoms with E-state index in [9.17, 15) is 10.1 Å². The summed E-state index contributed by atoms with van der Waals surface area (Å²) >= 11 is 6.06. The number of hydrazone groups is 1. The van der Waals surface area contributed by atoms with E-state index in [0.717, 1.165) is 16.8 Å². The van der Waals surface area contributed by atoms with E-state index in [4.69, 9.17) is 21.1 Å². The molecule has 0 aliphatic carbocycles. The van der Waals surface area contributed by atoms with E-state index in [1.807, 2.05) is 25.1 Å². The van der Waals surface area contributed by atoms with Crippen molar-refractivity contribution in [2.75, 3.05) is 6.79 Å². The zero-order valence-electron chi connectivity index (χ0n) is 13.1. The van der Waals surface area contributed by atoms with Crippen LogP contribution < -0.4 is 14.9 Å². The van der Waals surface area contributed by atoms with Crippen molar-refractivity contribution in [3.8, 4) is 11.5 Å². The number of halogens is 1. The molecule has 4 rings (SSSR count). The number of hydrogen-bond acceptors (Lipinski definition) is 6. The molecule has 0 fully saturated rings. The number of benzene rings is 2. The van der Waals surface area contributed by atoms with Gasteiger partial charge in [0, 0.05) is 22.9 Å². The molecule has 8 heteroatoms. The van der Waals surface area contributed by atoms with Crippen LogP contribution in [0.3, 0.4) is 0 Å². The van der Waals surface area contributed by atoms with Gasteiger partial charge >= 0.3 is 0 Å². The standard InChI is InChI=1S/C17H12ClN3O4/c1-9-4-11-6-15-16(25-8-24-15)7-12(11)17(20-19-9)10-2-3-14(21(22)23)13(18)5-10/h2-7,19H,8H2,1H3. The molecule has 7 nitrogen and oxygen atoms in total. The van der Waals surface area contributed by atoms with Crippen LogP contribution in [-0.4, -0.2) is 17.4 Å². The van der Waals surface area contributed by atoms with Crippen LogP contribution in [0.25, 0.3) is 6.08 Å². The Morgan fingerprint density at radius 2 is 2.00 bits per heavy atom. The van der Waals surface area contributed by atoms with Gasteiger partial charge in [0.2, 0.25) is 6.79 Å². The molecular formula is C17H12ClN3O4. The van der Waals surface area contributed by atoms with Crippen LogP contribution in [-0.2, 0) is 0 Å². The molecule has 2 aromatic carbocycles. The monoisotopic (exact) mass is 357 g/mol. The van der Waals surface area contributed by atoms with Crippen molar-refractivity contribution in [3.05, 3.63) is 67.9 Å². The molecule has 2 heterocycles. The Labute approximate surface area is 147 Å². The highest BCUT2D eigenvalue weighted by Gasteiger charge is 2.23. The van der Waals surface area contributed by atoms with Gasteiger partial charge < -0.3 is 9.47 Å². The highest BCUT2D eigenvalue weighted by molar-refractivity contribution is 6.33. The minimum atomic E-state index is -0.517. The van der Waals surface area contributed by atoms with E-state index in [0.29, 0.717) is 22.8 Å². The van der Waals surface area contributed by atoms with Crippen molar-refractivity contribution in [2.24, 2.45) is 5.10 Å². The third-order valence-electron chi connectivity index (χ3n) is 3.93. The second kappa shape index (κ2) is 5.78. The molecule has 0 unspecified atom stereocenters. The van der Waals surface area contributed by atoms with Gasteiger partial charge in [-0.2, -0.15) is 5.10 Å². The molecule has 0 radical (unpaired) electrons. The fourth-order valence-corrected chi connectivity index (χ4v) is 3.02. The average molecular weight is 358 g/mol. The van der Waals surface area contributed by atoms with Crippen molar-refractivity contribution >= 4 is 29.1 Å². The summed E-state index contributed by atoms with van der Waals surface area (Å²) in [5.74, 6) is 1.30. The first-order valence-corrected chi connectivity index (χ1v) is 7.81. The first-order chi connectivity index (χ1) is 12.0. The minimum absolute atomic E-state index is 0.0569. The third kappa shape index (κ3) is 2.68. The largest absolute Gasteiger partial charge is 0.454 e. The van der Waals surface area contributed by atoms with Crippen LogP contribution >= 0.6 is 11.6 Å². The van der Waals surface area contributed by atoms with Crippen LogP contribution in [0.15, 0.2) is 41.1 Å². The fourth-order valence-electron chi connectivity index (χ4n) is 2.77. The zero-order valence-corrected chi connectivity index (χ0v) is 13.8. The molecule has 2 aromatic rings. The quantitative estimate of drug-likeness (QED) is 0.654. The van der Waals surface area contributed by atoms with E-state index < -0.39 is 4.92 Å². The number of nitrogens with zero attached hydrogens (tertiary/aromatic N) is 2. The minimum Gasteiger partial charge on any atom is -0.454 e. The summed E-state index contributed by atoms with van der Waals surface area (Å²) in [6.07, 6.45) is 1.95. The maximum Gasteiger partial charge on any atom is 0.287 e. The molecule has 126 valence electrons. The lowest BCUT2D eigenvalue weighted by Gasteiger charge is -2.10. The van der Waals surface area contributed by atoms with Crippen LogP contribution in [0, 0.1) is 10.1 Å². The molecule has 2 aliphatic heterocycles. The summed E-state index contributed by atoms with van der Waals surface area (Å²) in [6.45, 7) is 2.07.